The molecular weight excluding hydrogens is 358 g/mol. The summed E-state index contributed by atoms with van der Waals surface area (Å²) >= 11 is 0. The van der Waals surface area contributed by atoms with Crippen LogP contribution < -0.4 is 9.47 Å². The first-order valence-electron chi connectivity index (χ1n) is 8.93. The number of benzene rings is 2. The van der Waals surface area contributed by atoms with Crippen molar-refractivity contribution >= 4 is 28.7 Å². The van der Waals surface area contributed by atoms with Gasteiger partial charge in [0, 0.05) is 28.2 Å². The summed E-state index contributed by atoms with van der Waals surface area (Å²) in [4.78, 5) is 28.2. The van der Waals surface area contributed by atoms with Gasteiger partial charge < -0.3 is 19.2 Å². The number of ketones is 1. The molecule has 4 rings (SSSR count). The van der Waals surface area contributed by atoms with Gasteiger partial charge in [0.05, 0.1) is 0 Å². The number of fused-ring (bicyclic) bond motifs is 2. The monoisotopic (exact) mass is 377 g/mol. The van der Waals surface area contributed by atoms with E-state index in [-0.39, 0.29) is 12.6 Å². The highest BCUT2D eigenvalue weighted by molar-refractivity contribution is 6.11. The number of nitrogens with one attached hydrogen (secondary N) is 1. The lowest BCUT2D eigenvalue weighted by atomic mass is 10.0. The SMILES string of the molecule is Cc1[nH]c2ccccc2c1C(=O)C(C)OC(=O)/C=C/c1ccc2c(c1)OCO2. The Bertz CT molecular complexity index is 1100. The summed E-state index contributed by atoms with van der Waals surface area (Å²) in [6, 6.07) is 12.9. The number of esters is 1. The second kappa shape index (κ2) is 7.23. The predicted octanol–water partition coefficient (Wildman–Crippen LogP) is 4.03. The zero-order chi connectivity index (χ0) is 19.7. The molecule has 28 heavy (non-hydrogen) atoms. The number of H-pyrrole nitrogens is 1. The Morgan fingerprint density at radius 2 is 1.93 bits per heavy atom. The Balaban J connectivity index is 1.45. The van der Waals surface area contributed by atoms with E-state index >= 15 is 0 Å². The number of aromatic nitrogens is 1. The number of rotatable bonds is 5. The van der Waals surface area contributed by atoms with Gasteiger partial charge in [-0.2, -0.15) is 0 Å². The number of para-hydroxylation sites is 1. The number of ether oxygens (including phenoxy) is 3. The van der Waals surface area contributed by atoms with E-state index in [2.05, 4.69) is 4.98 Å². The van der Waals surface area contributed by atoms with Gasteiger partial charge >= 0.3 is 5.97 Å². The smallest absolute Gasteiger partial charge is 0.331 e. The lowest BCUT2D eigenvalue weighted by Gasteiger charge is -2.11. The minimum absolute atomic E-state index is 0.192. The highest BCUT2D eigenvalue weighted by Crippen LogP contribution is 2.32. The van der Waals surface area contributed by atoms with Crippen LogP contribution in [-0.2, 0) is 9.53 Å². The van der Waals surface area contributed by atoms with Crippen molar-refractivity contribution in [2.45, 2.75) is 20.0 Å². The maximum atomic E-state index is 12.8. The van der Waals surface area contributed by atoms with Gasteiger partial charge in [0.1, 0.15) is 0 Å². The van der Waals surface area contributed by atoms with Crippen LogP contribution in [0.25, 0.3) is 17.0 Å². The second-order valence-corrected chi connectivity index (χ2v) is 6.56. The van der Waals surface area contributed by atoms with Crippen LogP contribution >= 0.6 is 0 Å². The average molecular weight is 377 g/mol. The van der Waals surface area contributed by atoms with Crippen molar-refractivity contribution in [1.82, 2.24) is 4.98 Å². The lowest BCUT2D eigenvalue weighted by molar-refractivity contribution is -0.140. The van der Waals surface area contributed by atoms with Gasteiger partial charge in [-0.25, -0.2) is 4.79 Å². The van der Waals surface area contributed by atoms with Crippen molar-refractivity contribution in [2.75, 3.05) is 6.79 Å². The molecule has 2 aromatic carbocycles. The summed E-state index contributed by atoms with van der Waals surface area (Å²) in [5.41, 5.74) is 2.96. The minimum Gasteiger partial charge on any atom is -0.454 e. The third kappa shape index (κ3) is 3.36. The van der Waals surface area contributed by atoms with Crippen LogP contribution in [-0.4, -0.2) is 29.6 Å². The van der Waals surface area contributed by atoms with Crippen molar-refractivity contribution in [3.05, 3.63) is 65.4 Å². The van der Waals surface area contributed by atoms with Gasteiger partial charge in [0.2, 0.25) is 12.6 Å². The summed E-state index contributed by atoms with van der Waals surface area (Å²) < 4.78 is 15.9. The van der Waals surface area contributed by atoms with Crippen molar-refractivity contribution in [3.63, 3.8) is 0 Å². The van der Waals surface area contributed by atoms with E-state index in [1.807, 2.05) is 31.2 Å². The Labute approximate surface area is 161 Å². The minimum atomic E-state index is -0.896. The van der Waals surface area contributed by atoms with Gasteiger partial charge in [-0.1, -0.05) is 24.3 Å². The van der Waals surface area contributed by atoms with Crippen LogP contribution in [0.15, 0.2) is 48.5 Å². The van der Waals surface area contributed by atoms with Gasteiger partial charge in [-0.15, -0.1) is 0 Å². The normalized spacial score (nSPS) is 13.8. The molecule has 0 bridgehead atoms. The first-order chi connectivity index (χ1) is 13.5. The summed E-state index contributed by atoms with van der Waals surface area (Å²) in [6.07, 6.45) is 2.01. The highest BCUT2D eigenvalue weighted by Gasteiger charge is 2.23. The third-order valence-electron chi connectivity index (χ3n) is 4.61. The number of carbonyl (C=O) groups excluding carboxylic acids is 2. The van der Waals surface area contributed by atoms with E-state index in [4.69, 9.17) is 14.2 Å². The van der Waals surface area contributed by atoms with Gasteiger partial charge in [-0.05, 0) is 43.7 Å². The molecule has 0 saturated carbocycles. The van der Waals surface area contributed by atoms with Gasteiger partial charge in [0.15, 0.2) is 17.6 Å². The van der Waals surface area contributed by atoms with Crippen LogP contribution in [0.4, 0.5) is 0 Å². The second-order valence-electron chi connectivity index (χ2n) is 6.56. The van der Waals surface area contributed by atoms with E-state index in [1.54, 1.807) is 31.2 Å². The number of aryl methyl sites for hydroxylation is 1. The zero-order valence-electron chi connectivity index (χ0n) is 15.5. The Hall–Kier alpha value is -3.54. The molecule has 0 amide bonds. The molecule has 1 N–H and O–H groups in total. The molecule has 0 aliphatic carbocycles. The van der Waals surface area contributed by atoms with E-state index in [1.165, 1.54) is 6.08 Å². The van der Waals surface area contributed by atoms with Crippen molar-refractivity contribution in [3.8, 4) is 11.5 Å². The Morgan fingerprint density at radius 3 is 2.79 bits per heavy atom. The lowest BCUT2D eigenvalue weighted by Crippen LogP contribution is -2.24. The highest BCUT2D eigenvalue weighted by atomic mass is 16.7. The molecule has 6 heteroatoms. The van der Waals surface area contributed by atoms with Crippen molar-refractivity contribution < 1.29 is 23.8 Å². The number of Topliss-reactive ketones (excluding diaryl/α,β-unsaturated/α-hetero) is 1. The molecular formula is C22H19NO5. The first-order valence-corrected chi connectivity index (χ1v) is 8.93. The van der Waals surface area contributed by atoms with E-state index in [0.29, 0.717) is 17.1 Å². The summed E-state index contributed by atoms with van der Waals surface area (Å²) in [6.45, 7) is 3.61. The molecule has 3 aromatic rings. The summed E-state index contributed by atoms with van der Waals surface area (Å²) in [5, 5.41) is 0.823. The predicted molar refractivity (Wildman–Crippen MR) is 105 cm³/mol. The van der Waals surface area contributed by atoms with Crippen LogP contribution in [0.3, 0.4) is 0 Å². The molecule has 1 aliphatic rings. The fourth-order valence-corrected chi connectivity index (χ4v) is 3.25. The average Bonchev–Trinajstić information content (AvgIpc) is 3.28. The first kappa shape index (κ1) is 17.9. The fraction of sp³-hybridized carbons (Fsp3) is 0.182. The molecule has 2 heterocycles. The number of carbonyl (C=O) groups is 2. The van der Waals surface area contributed by atoms with Crippen molar-refractivity contribution in [2.24, 2.45) is 0 Å². The number of hydrogen-bond donors (Lipinski definition) is 1. The van der Waals surface area contributed by atoms with Gasteiger partial charge in [0.25, 0.3) is 0 Å². The van der Waals surface area contributed by atoms with E-state index < -0.39 is 12.1 Å². The quantitative estimate of drug-likeness (QED) is 0.413. The van der Waals surface area contributed by atoms with Crippen LogP contribution in [0, 0.1) is 6.92 Å². The summed E-state index contributed by atoms with van der Waals surface area (Å²) in [7, 11) is 0. The third-order valence-corrected chi connectivity index (χ3v) is 4.61. The van der Waals surface area contributed by atoms with Crippen molar-refractivity contribution in [1.29, 1.82) is 0 Å². The van der Waals surface area contributed by atoms with E-state index in [0.717, 1.165) is 22.2 Å². The molecule has 142 valence electrons. The number of hydrogen-bond acceptors (Lipinski definition) is 5. The van der Waals surface area contributed by atoms with Crippen LogP contribution in [0.1, 0.15) is 28.5 Å². The molecule has 1 unspecified atom stereocenters. The molecule has 6 nitrogen and oxygen atoms in total. The largest absolute Gasteiger partial charge is 0.454 e. The molecule has 0 fully saturated rings. The van der Waals surface area contributed by atoms with E-state index in [9.17, 15) is 9.59 Å². The van der Waals surface area contributed by atoms with Gasteiger partial charge in [-0.3, -0.25) is 4.79 Å². The molecule has 0 saturated heterocycles. The number of aromatic amines is 1. The fourth-order valence-electron chi connectivity index (χ4n) is 3.25. The van der Waals surface area contributed by atoms with Crippen LogP contribution in [0.5, 0.6) is 11.5 Å². The molecule has 1 aliphatic heterocycles. The molecule has 1 atom stereocenters. The Morgan fingerprint density at radius 1 is 1.14 bits per heavy atom. The van der Waals surface area contributed by atoms with Crippen LogP contribution in [0.2, 0.25) is 0 Å². The maximum Gasteiger partial charge on any atom is 0.331 e. The molecule has 1 aromatic heterocycles. The molecule has 0 spiro atoms. The summed E-state index contributed by atoms with van der Waals surface area (Å²) in [5.74, 6) is 0.484. The molecule has 0 radical (unpaired) electrons. The topological polar surface area (TPSA) is 77.6 Å². The standard InChI is InChI=1S/C22H19NO5/c1-13-21(16-5-3-4-6-17(16)23-13)22(25)14(2)28-20(24)10-8-15-7-9-18-19(11-15)27-12-26-18/h3-11,14,23H,12H2,1-2H3/b10-8+. The zero-order valence-corrected chi connectivity index (χ0v) is 15.5. The Kier molecular flexibility index (Phi) is 4.61. The maximum absolute atomic E-state index is 12.8.